The van der Waals surface area contributed by atoms with E-state index in [-0.39, 0.29) is 12.1 Å². The highest BCUT2D eigenvalue weighted by molar-refractivity contribution is 5.94. The molecule has 0 bridgehead atoms. The predicted molar refractivity (Wildman–Crippen MR) is 84.5 cm³/mol. The maximum atomic E-state index is 13.2. The normalized spacial score (nSPS) is 11.1. The highest BCUT2D eigenvalue weighted by Gasteiger charge is 2.34. The van der Waals surface area contributed by atoms with Crippen LogP contribution in [-0.4, -0.2) is 11.8 Å². The topological polar surface area (TPSA) is 58.2 Å². The Kier molecular flexibility index (Phi) is 5.41. The van der Waals surface area contributed by atoms with Crippen LogP contribution in [0, 0.1) is 5.82 Å². The van der Waals surface area contributed by atoms with Crippen LogP contribution in [0.15, 0.2) is 42.5 Å². The Morgan fingerprint density at radius 1 is 1.04 bits per heavy atom. The van der Waals surface area contributed by atoms with Crippen molar-refractivity contribution in [2.75, 3.05) is 10.6 Å². The van der Waals surface area contributed by atoms with E-state index in [4.69, 9.17) is 0 Å². The fraction of sp³-hybridized carbons (Fsp3) is 0.176. The number of benzene rings is 2. The Bertz CT molecular complexity index is 803. The van der Waals surface area contributed by atoms with E-state index < -0.39 is 35.1 Å². The van der Waals surface area contributed by atoms with Crippen LogP contribution >= 0.6 is 0 Å². The van der Waals surface area contributed by atoms with E-state index in [2.05, 4.69) is 10.6 Å². The van der Waals surface area contributed by atoms with Gasteiger partial charge in [0.15, 0.2) is 0 Å². The van der Waals surface area contributed by atoms with Gasteiger partial charge in [-0.05, 0) is 35.9 Å². The fourth-order valence-corrected chi connectivity index (χ4v) is 2.20. The maximum absolute atomic E-state index is 13.2. The molecule has 0 radical (unpaired) electrons. The van der Waals surface area contributed by atoms with Gasteiger partial charge in [0.05, 0.1) is 17.7 Å². The van der Waals surface area contributed by atoms with Crippen molar-refractivity contribution in [1.29, 1.82) is 0 Å². The summed E-state index contributed by atoms with van der Waals surface area (Å²) in [7, 11) is 0. The number of nitrogens with one attached hydrogen (secondary N) is 2. The van der Waals surface area contributed by atoms with E-state index in [1.165, 1.54) is 31.2 Å². The SMILES string of the molecule is CC(=O)Nc1ccc(NC(=O)Cc2cccc(F)c2)c(C(F)(F)F)c1. The van der Waals surface area contributed by atoms with Crippen LogP contribution in [0.4, 0.5) is 28.9 Å². The number of hydrogen-bond acceptors (Lipinski definition) is 2. The van der Waals surface area contributed by atoms with Gasteiger partial charge in [0.25, 0.3) is 0 Å². The average molecular weight is 354 g/mol. The molecule has 0 aromatic heterocycles. The quantitative estimate of drug-likeness (QED) is 0.816. The molecule has 25 heavy (non-hydrogen) atoms. The summed E-state index contributed by atoms with van der Waals surface area (Å²) < 4.78 is 52.6. The molecule has 0 heterocycles. The molecule has 4 nitrogen and oxygen atoms in total. The van der Waals surface area contributed by atoms with E-state index in [0.717, 1.165) is 18.2 Å². The number of carbonyl (C=O) groups excluding carboxylic acids is 2. The van der Waals surface area contributed by atoms with Crippen molar-refractivity contribution in [3.05, 3.63) is 59.4 Å². The van der Waals surface area contributed by atoms with Gasteiger partial charge in [-0.1, -0.05) is 12.1 Å². The molecule has 0 aliphatic carbocycles. The molecule has 2 N–H and O–H groups in total. The monoisotopic (exact) mass is 354 g/mol. The van der Waals surface area contributed by atoms with Crippen LogP contribution in [0.2, 0.25) is 0 Å². The van der Waals surface area contributed by atoms with E-state index in [1.54, 1.807) is 0 Å². The average Bonchev–Trinajstić information content (AvgIpc) is 2.47. The lowest BCUT2D eigenvalue weighted by Crippen LogP contribution is -2.19. The van der Waals surface area contributed by atoms with Gasteiger partial charge in [0.1, 0.15) is 5.82 Å². The van der Waals surface area contributed by atoms with Crippen molar-refractivity contribution >= 4 is 23.2 Å². The van der Waals surface area contributed by atoms with E-state index in [0.29, 0.717) is 5.56 Å². The summed E-state index contributed by atoms with van der Waals surface area (Å²) in [6, 6.07) is 8.26. The summed E-state index contributed by atoms with van der Waals surface area (Å²) in [6.45, 7) is 1.17. The molecule has 132 valence electrons. The molecular formula is C17H14F4N2O2. The molecule has 0 atom stereocenters. The van der Waals surface area contributed by atoms with E-state index >= 15 is 0 Å². The molecule has 2 aromatic rings. The first-order chi connectivity index (χ1) is 11.6. The van der Waals surface area contributed by atoms with Crippen molar-refractivity contribution in [1.82, 2.24) is 0 Å². The Morgan fingerprint density at radius 2 is 1.76 bits per heavy atom. The zero-order chi connectivity index (χ0) is 18.6. The van der Waals surface area contributed by atoms with Crippen molar-refractivity contribution in [3.63, 3.8) is 0 Å². The smallest absolute Gasteiger partial charge is 0.326 e. The number of anilines is 2. The summed E-state index contributed by atoms with van der Waals surface area (Å²) in [4.78, 5) is 22.9. The van der Waals surface area contributed by atoms with Crippen LogP contribution < -0.4 is 10.6 Å². The fourth-order valence-electron chi connectivity index (χ4n) is 2.20. The minimum Gasteiger partial charge on any atom is -0.326 e. The molecule has 0 aliphatic heterocycles. The lowest BCUT2D eigenvalue weighted by Gasteiger charge is -2.15. The first-order valence-electron chi connectivity index (χ1n) is 7.18. The Hall–Kier alpha value is -2.90. The molecule has 0 unspecified atom stereocenters. The van der Waals surface area contributed by atoms with Crippen LogP contribution in [-0.2, 0) is 22.2 Å². The highest BCUT2D eigenvalue weighted by Crippen LogP contribution is 2.36. The Morgan fingerprint density at radius 3 is 2.36 bits per heavy atom. The minimum atomic E-state index is -4.73. The molecule has 8 heteroatoms. The van der Waals surface area contributed by atoms with Crippen LogP contribution in [0.3, 0.4) is 0 Å². The van der Waals surface area contributed by atoms with Crippen LogP contribution in [0.1, 0.15) is 18.1 Å². The van der Waals surface area contributed by atoms with Gasteiger partial charge in [-0.15, -0.1) is 0 Å². The molecular weight excluding hydrogens is 340 g/mol. The third-order valence-corrected chi connectivity index (χ3v) is 3.17. The largest absolute Gasteiger partial charge is 0.418 e. The number of alkyl halides is 3. The summed E-state index contributed by atoms with van der Waals surface area (Å²) in [5.74, 6) is -1.78. The molecule has 0 saturated carbocycles. The number of halogens is 4. The molecule has 0 aliphatic rings. The summed E-state index contributed by atoms with van der Waals surface area (Å²) in [5.41, 5.74) is -1.24. The standard InChI is InChI=1S/C17H14F4N2O2/c1-10(24)22-13-5-6-15(14(9-13)17(19,20)21)23-16(25)8-11-3-2-4-12(18)7-11/h2-7,9H,8H2,1H3,(H,22,24)(H,23,25). The van der Waals surface area contributed by atoms with Gasteiger partial charge < -0.3 is 10.6 Å². The van der Waals surface area contributed by atoms with Gasteiger partial charge in [-0.2, -0.15) is 13.2 Å². The third kappa shape index (κ3) is 5.30. The van der Waals surface area contributed by atoms with Gasteiger partial charge in [0.2, 0.25) is 11.8 Å². The molecule has 0 fully saturated rings. The summed E-state index contributed by atoms with van der Waals surface area (Å²) in [6.07, 6.45) is -5.00. The number of rotatable bonds is 4. The van der Waals surface area contributed by atoms with Gasteiger partial charge >= 0.3 is 6.18 Å². The van der Waals surface area contributed by atoms with Crippen LogP contribution in [0.5, 0.6) is 0 Å². The second-order valence-electron chi connectivity index (χ2n) is 5.29. The second-order valence-corrected chi connectivity index (χ2v) is 5.29. The van der Waals surface area contributed by atoms with Crippen molar-refractivity contribution in [2.45, 2.75) is 19.5 Å². The first-order valence-corrected chi connectivity index (χ1v) is 7.18. The van der Waals surface area contributed by atoms with Crippen molar-refractivity contribution in [3.8, 4) is 0 Å². The second kappa shape index (κ2) is 7.33. The molecule has 0 spiro atoms. The Labute approximate surface area is 140 Å². The Balaban J connectivity index is 2.22. The third-order valence-electron chi connectivity index (χ3n) is 3.17. The zero-order valence-corrected chi connectivity index (χ0v) is 13.1. The van der Waals surface area contributed by atoms with Crippen LogP contribution in [0.25, 0.3) is 0 Å². The molecule has 0 saturated heterocycles. The lowest BCUT2D eigenvalue weighted by molar-refractivity contribution is -0.137. The van der Waals surface area contributed by atoms with Gasteiger partial charge in [0, 0.05) is 12.6 Å². The lowest BCUT2D eigenvalue weighted by atomic mass is 10.1. The van der Waals surface area contributed by atoms with Gasteiger partial charge in [-0.25, -0.2) is 4.39 Å². The van der Waals surface area contributed by atoms with Crippen molar-refractivity contribution < 1.29 is 27.2 Å². The summed E-state index contributed by atoms with van der Waals surface area (Å²) >= 11 is 0. The molecule has 2 amide bonds. The zero-order valence-electron chi connectivity index (χ0n) is 13.1. The van der Waals surface area contributed by atoms with E-state index in [9.17, 15) is 27.2 Å². The van der Waals surface area contributed by atoms with E-state index in [1.807, 2.05) is 0 Å². The number of amides is 2. The first kappa shape index (κ1) is 18.4. The number of carbonyl (C=O) groups is 2. The van der Waals surface area contributed by atoms with Crippen molar-refractivity contribution in [2.24, 2.45) is 0 Å². The maximum Gasteiger partial charge on any atom is 0.418 e. The predicted octanol–water partition coefficient (Wildman–Crippen LogP) is 3.98. The minimum absolute atomic E-state index is 0.0389. The molecule has 2 rings (SSSR count). The summed E-state index contributed by atoms with van der Waals surface area (Å²) in [5, 5.41) is 4.42. The highest BCUT2D eigenvalue weighted by atomic mass is 19.4. The molecule has 2 aromatic carbocycles. The number of hydrogen-bond donors (Lipinski definition) is 2. The van der Waals surface area contributed by atoms with Gasteiger partial charge in [-0.3, -0.25) is 9.59 Å².